The minimum Gasteiger partial charge on any atom is -1.00 e. The molecule has 0 spiro atoms. The summed E-state index contributed by atoms with van der Waals surface area (Å²) in [6, 6.07) is 28.2. The Labute approximate surface area is 256 Å². The third-order valence-corrected chi connectivity index (χ3v) is 12.1. The van der Waals surface area contributed by atoms with E-state index in [-0.39, 0.29) is 23.3 Å². The van der Waals surface area contributed by atoms with Crippen molar-refractivity contribution in [2.45, 2.75) is 98.7 Å². The summed E-state index contributed by atoms with van der Waals surface area (Å²) in [5, 5.41) is 4.52. The molecule has 0 N–H and O–H groups in total. The number of benzene rings is 3. The lowest BCUT2D eigenvalue weighted by atomic mass is 10.1. The van der Waals surface area contributed by atoms with Crippen molar-refractivity contribution in [1.82, 2.24) is 0 Å². The summed E-state index contributed by atoms with van der Waals surface area (Å²) in [6.07, 6.45) is 11.9. The van der Waals surface area contributed by atoms with Gasteiger partial charge < -0.3 is 26.5 Å². The second-order valence-electron chi connectivity index (χ2n) is 11.1. The van der Waals surface area contributed by atoms with Crippen LogP contribution in [0.15, 0.2) is 72.8 Å². The third-order valence-electron chi connectivity index (χ3n) is 7.62. The highest BCUT2D eigenvalue weighted by molar-refractivity contribution is 7.95. The van der Waals surface area contributed by atoms with E-state index in [4.69, 9.17) is 9.47 Å². The lowest BCUT2D eigenvalue weighted by Crippen LogP contribution is -3.00. The van der Waals surface area contributed by atoms with Crippen LogP contribution >= 0.6 is 7.26 Å². The van der Waals surface area contributed by atoms with E-state index < -0.39 is 7.26 Å². The van der Waals surface area contributed by atoms with Crippen LogP contribution in [0.3, 0.4) is 0 Å². The number of ether oxygens (including phenoxy) is 2. The van der Waals surface area contributed by atoms with Gasteiger partial charge in [0.25, 0.3) is 0 Å². The zero-order valence-corrected chi connectivity index (χ0v) is 28.1. The molecule has 0 fully saturated rings. The van der Waals surface area contributed by atoms with Gasteiger partial charge in [0.15, 0.2) is 6.29 Å². The van der Waals surface area contributed by atoms with Gasteiger partial charge in [-0.3, -0.25) is 0 Å². The molecule has 0 unspecified atom stereocenters. The predicted octanol–water partition coefficient (Wildman–Crippen LogP) is 5.82. The van der Waals surface area contributed by atoms with Gasteiger partial charge in [0, 0.05) is 13.2 Å². The highest BCUT2D eigenvalue weighted by atomic mass is 79.9. The monoisotopic (exact) mass is 626 g/mol. The van der Waals surface area contributed by atoms with Crippen LogP contribution in [0.4, 0.5) is 0 Å². The standard InChI is InChI=1S/C36H52O2P.BrH/c1-6-27-37-36(38-28-7-2)14-12-10-8-9-11-13-29-39(33-21-15-30(3)16-22-33,34-23-17-31(4)18-24-34)35-25-19-32(5)20-26-35;/h15-26,36H,6-14,27-29H2,1-5H3;1H/q+1;/p-1. The molecule has 0 saturated carbocycles. The highest BCUT2D eigenvalue weighted by Crippen LogP contribution is 2.56. The fraction of sp³-hybridized carbons (Fsp3) is 0.500. The Hall–Kier alpha value is -1.51. The third kappa shape index (κ3) is 10.4. The minimum absolute atomic E-state index is 0. The Morgan fingerprint density at radius 3 is 1.25 bits per heavy atom. The molecule has 3 aromatic rings. The van der Waals surface area contributed by atoms with Crippen molar-refractivity contribution < 1.29 is 26.5 Å². The first-order valence-electron chi connectivity index (χ1n) is 15.3. The van der Waals surface area contributed by atoms with Crippen LogP contribution in [-0.4, -0.2) is 25.7 Å². The molecule has 0 aromatic heterocycles. The molecule has 220 valence electrons. The van der Waals surface area contributed by atoms with Crippen molar-refractivity contribution in [3.8, 4) is 0 Å². The quantitative estimate of drug-likeness (QED) is 0.101. The van der Waals surface area contributed by atoms with E-state index in [1.54, 1.807) is 0 Å². The number of halogens is 1. The van der Waals surface area contributed by atoms with Crippen LogP contribution in [0.5, 0.6) is 0 Å². The number of unbranched alkanes of at least 4 members (excludes halogenated alkanes) is 5. The second-order valence-corrected chi connectivity index (χ2v) is 14.7. The van der Waals surface area contributed by atoms with Crippen molar-refractivity contribution in [2.75, 3.05) is 19.4 Å². The molecule has 0 aliphatic carbocycles. The van der Waals surface area contributed by atoms with Gasteiger partial charge in [0.2, 0.25) is 0 Å². The van der Waals surface area contributed by atoms with Crippen molar-refractivity contribution >= 4 is 23.2 Å². The smallest absolute Gasteiger partial charge is 0.157 e. The molecule has 4 heteroatoms. The molecule has 3 aromatic carbocycles. The topological polar surface area (TPSA) is 18.5 Å². The average Bonchev–Trinajstić information content (AvgIpc) is 2.95. The van der Waals surface area contributed by atoms with Crippen molar-refractivity contribution in [3.05, 3.63) is 89.5 Å². The molecule has 0 aliphatic heterocycles. The number of hydrogen-bond acceptors (Lipinski definition) is 2. The molecule has 3 rings (SSSR count). The van der Waals surface area contributed by atoms with Gasteiger partial charge in [-0.1, -0.05) is 86.2 Å². The average molecular weight is 628 g/mol. The molecule has 0 saturated heterocycles. The summed E-state index contributed by atoms with van der Waals surface area (Å²) in [5.41, 5.74) is 3.98. The van der Waals surface area contributed by atoms with Crippen molar-refractivity contribution in [3.63, 3.8) is 0 Å². The fourth-order valence-corrected chi connectivity index (χ4v) is 9.65. The Morgan fingerprint density at radius 2 is 0.875 bits per heavy atom. The zero-order chi connectivity index (χ0) is 27.9. The SMILES string of the molecule is CCCOC(CCCCCCCC[P+](c1ccc(C)cc1)(c1ccc(C)cc1)c1ccc(C)cc1)OCCC.[Br-]. The first kappa shape index (κ1) is 34.7. The maximum Gasteiger partial charge on any atom is 0.157 e. The van der Waals surface area contributed by atoms with Crippen molar-refractivity contribution in [1.29, 1.82) is 0 Å². The van der Waals surface area contributed by atoms with Crippen molar-refractivity contribution in [2.24, 2.45) is 0 Å². The Morgan fingerprint density at radius 1 is 0.525 bits per heavy atom. The predicted molar refractivity (Wildman–Crippen MR) is 173 cm³/mol. The van der Waals surface area contributed by atoms with Gasteiger partial charge in [-0.15, -0.1) is 0 Å². The number of rotatable bonds is 18. The molecule has 0 heterocycles. The van der Waals surface area contributed by atoms with Crippen LogP contribution < -0.4 is 32.9 Å². The van der Waals surface area contributed by atoms with E-state index in [2.05, 4.69) is 107 Å². The van der Waals surface area contributed by atoms with E-state index in [1.807, 2.05) is 0 Å². The van der Waals surface area contributed by atoms with Gasteiger partial charge in [-0.05, 0) is 95.7 Å². The number of hydrogen-bond donors (Lipinski definition) is 0. The summed E-state index contributed by atoms with van der Waals surface area (Å²) >= 11 is 0. The Bertz CT molecular complexity index is 945. The molecule has 40 heavy (non-hydrogen) atoms. The van der Waals surface area contributed by atoms with Gasteiger partial charge in [-0.2, -0.15) is 0 Å². The van der Waals surface area contributed by atoms with Crippen LogP contribution in [0, 0.1) is 20.8 Å². The van der Waals surface area contributed by atoms with Crippen LogP contribution in [0.2, 0.25) is 0 Å². The fourth-order valence-electron chi connectivity index (χ4n) is 5.31. The van der Waals surface area contributed by atoms with Crippen LogP contribution in [-0.2, 0) is 9.47 Å². The van der Waals surface area contributed by atoms with Gasteiger partial charge in [0.1, 0.15) is 23.2 Å². The minimum atomic E-state index is -1.74. The summed E-state index contributed by atoms with van der Waals surface area (Å²) in [6.45, 7) is 12.5. The Kier molecular flexibility index (Phi) is 16.3. The van der Waals surface area contributed by atoms with E-state index in [0.29, 0.717) is 0 Å². The first-order chi connectivity index (χ1) is 19.0. The lowest BCUT2D eigenvalue weighted by Gasteiger charge is -2.28. The molecule has 2 nitrogen and oxygen atoms in total. The molecule has 0 radical (unpaired) electrons. The van der Waals surface area contributed by atoms with E-state index in [9.17, 15) is 0 Å². The molecule has 0 atom stereocenters. The molecular formula is C36H52BrO2P. The summed E-state index contributed by atoms with van der Waals surface area (Å²) in [4.78, 5) is 0. The van der Waals surface area contributed by atoms with Crippen LogP contribution in [0.25, 0.3) is 0 Å². The van der Waals surface area contributed by atoms with Gasteiger partial charge >= 0.3 is 0 Å². The number of aryl methyl sites for hydroxylation is 3. The van der Waals surface area contributed by atoms with Gasteiger partial charge in [-0.25, -0.2) is 0 Å². The summed E-state index contributed by atoms with van der Waals surface area (Å²) < 4.78 is 11.8. The van der Waals surface area contributed by atoms with E-state index in [0.717, 1.165) is 32.5 Å². The molecular weight excluding hydrogens is 575 g/mol. The lowest BCUT2D eigenvalue weighted by molar-refractivity contribution is -0.146. The maximum absolute atomic E-state index is 5.91. The molecule has 0 bridgehead atoms. The van der Waals surface area contributed by atoms with Crippen LogP contribution in [0.1, 0.15) is 88.3 Å². The summed E-state index contributed by atoms with van der Waals surface area (Å²) in [5.74, 6) is 0. The summed E-state index contributed by atoms with van der Waals surface area (Å²) in [7, 11) is -1.74. The van der Waals surface area contributed by atoms with Gasteiger partial charge in [0.05, 0.1) is 6.16 Å². The Balaban J connectivity index is 0.00000560. The normalized spacial score (nSPS) is 11.6. The largest absolute Gasteiger partial charge is 1.00 e. The molecule has 0 aliphatic rings. The second kappa shape index (κ2) is 18.8. The molecule has 0 amide bonds. The highest BCUT2D eigenvalue weighted by Gasteiger charge is 2.44. The zero-order valence-electron chi connectivity index (χ0n) is 25.6. The van der Waals surface area contributed by atoms with E-state index in [1.165, 1.54) is 77.3 Å². The maximum atomic E-state index is 5.91. The first-order valence-corrected chi connectivity index (χ1v) is 17.3. The van der Waals surface area contributed by atoms with E-state index >= 15 is 0 Å².